The summed E-state index contributed by atoms with van der Waals surface area (Å²) >= 11 is 6.12. The van der Waals surface area contributed by atoms with Crippen molar-refractivity contribution in [3.05, 3.63) is 35.5 Å². The van der Waals surface area contributed by atoms with Crippen molar-refractivity contribution in [3.8, 4) is 0 Å². The first-order chi connectivity index (χ1) is 9.08. The van der Waals surface area contributed by atoms with Crippen LogP contribution < -0.4 is 5.32 Å². The number of fused-ring (bicyclic) bond motifs is 1. The maximum atomic E-state index is 10.6. The molecule has 1 aromatic carbocycles. The van der Waals surface area contributed by atoms with Crippen LogP contribution in [0.2, 0.25) is 5.02 Å². The fourth-order valence-electron chi connectivity index (χ4n) is 1.93. The molecule has 0 fully saturated rings. The van der Waals surface area contributed by atoms with E-state index < -0.39 is 5.97 Å². The number of aromatic nitrogens is 1. The molecule has 19 heavy (non-hydrogen) atoms. The van der Waals surface area contributed by atoms with Gasteiger partial charge in [-0.1, -0.05) is 11.6 Å². The molecule has 0 radical (unpaired) electrons. The number of carboxylic acid groups (broad SMARTS) is 1. The van der Waals surface area contributed by atoms with E-state index in [0.717, 1.165) is 16.6 Å². The van der Waals surface area contributed by atoms with Gasteiger partial charge in [0.15, 0.2) is 0 Å². The molecule has 2 rings (SSSR count). The molecule has 1 aromatic heterocycles. The highest BCUT2D eigenvalue weighted by atomic mass is 35.5. The molecule has 4 nitrogen and oxygen atoms in total. The number of benzene rings is 1. The van der Waals surface area contributed by atoms with Gasteiger partial charge in [-0.25, -0.2) is 0 Å². The molecule has 2 N–H and O–H groups in total. The van der Waals surface area contributed by atoms with Crippen LogP contribution in [0.5, 0.6) is 0 Å². The summed E-state index contributed by atoms with van der Waals surface area (Å²) in [6.07, 6.45) is 2.42. The molecule has 0 aliphatic heterocycles. The Morgan fingerprint density at radius 3 is 3.00 bits per heavy atom. The summed E-state index contributed by atoms with van der Waals surface area (Å²) in [5.74, 6) is -0.785. The third-order valence-corrected chi connectivity index (χ3v) is 3.24. The smallest absolute Gasteiger partial charge is 0.303 e. The second kappa shape index (κ2) is 5.89. The minimum Gasteiger partial charge on any atom is -0.481 e. The molecule has 0 amide bonds. The second-order valence-electron chi connectivity index (χ2n) is 4.47. The van der Waals surface area contributed by atoms with E-state index in [1.54, 1.807) is 6.20 Å². The molecular weight excluding hydrogens is 264 g/mol. The largest absolute Gasteiger partial charge is 0.481 e. The van der Waals surface area contributed by atoms with Crippen LogP contribution in [-0.2, 0) is 4.79 Å². The highest BCUT2D eigenvalue weighted by molar-refractivity contribution is 6.35. The van der Waals surface area contributed by atoms with Crippen LogP contribution in [-0.4, -0.2) is 22.1 Å². The number of nitrogens with zero attached hydrogens (tertiary/aromatic N) is 1. The fraction of sp³-hybridized carbons (Fsp3) is 0.286. The minimum atomic E-state index is -0.785. The topological polar surface area (TPSA) is 62.2 Å². The molecule has 5 heteroatoms. The zero-order chi connectivity index (χ0) is 13.8. The Morgan fingerprint density at radius 2 is 2.26 bits per heavy atom. The Hall–Kier alpha value is -1.81. The van der Waals surface area contributed by atoms with Gasteiger partial charge < -0.3 is 10.4 Å². The summed E-state index contributed by atoms with van der Waals surface area (Å²) in [5, 5.41) is 13.5. The van der Waals surface area contributed by atoms with E-state index in [1.165, 1.54) is 0 Å². The van der Waals surface area contributed by atoms with Gasteiger partial charge in [0.1, 0.15) is 0 Å². The van der Waals surface area contributed by atoms with Crippen LogP contribution in [0, 0.1) is 0 Å². The first-order valence-electron chi connectivity index (χ1n) is 6.09. The van der Waals surface area contributed by atoms with Crippen LogP contribution in [0.25, 0.3) is 10.9 Å². The summed E-state index contributed by atoms with van der Waals surface area (Å²) in [6, 6.07) is 7.50. The Labute approximate surface area is 116 Å². The molecule has 1 unspecified atom stereocenters. The molecule has 1 atom stereocenters. The average Bonchev–Trinajstić information content (AvgIpc) is 2.40. The van der Waals surface area contributed by atoms with Gasteiger partial charge in [0.05, 0.1) is 16.2 Å². The molecule has 1 heterocycles. The van der Waals surface area contributed by atoms with Crippen molar-refractivity contribution in [2.45, 2.75) is 25.8 Å². The SMILES string of the molecule is CC(CCC(=O)O)Nc1ccc(Cl)c2cccnc12. The zero-order valence-corrected chi connectivity index (χ0v) is 11.3. The van der Waals surface area contributed by atoms with E-state index >= 15 is 0 Å². The lowest BCUT2D eigenvalue weighted by molar-refractivity contribution is -0.137. The highest BCUT2D eigenvalue weighted by Gasteiger charge is 2.09. The number of nitrogens with one attached hydrogen (secondary N) is 1. The maximum absolute atomic E-state index is 10.6. The second-order valence-corrected chi connectivity index (χ2v) is 4.88. The van der Waals surface area contributed by atoms with Crippen molar-refractivity contribution < 1.29 is 9.90 Å². The Morgan fingerprint density at radius 1 is 1.47 bits per heavy atom. The zero-order valence-electron chi connectivity index (χ0n) is 10.6. The van der Waals surface area contributed by atoms with Gasteiger partial charge in [-0.3, -0.25) is 9.78 Å². The Balaban J connectivity index is 2.21. The number of hydrogen-bond donors (Lipinski definition) is 2. The summed E-state index contributed by atoms with van der Waals surface area (Å²) in [6.45, 7) is 1.95. The lowest BCUT2D eigenvalue weighted by atomic mass is 10.1. The van der Waals surface area contributed by atoms with Crippen molar-refractivity contribution >= 4 is 34.2 Å². The first-order valence-corrected chi connectivity index (χ1v) is 6.47. The molecule has 0 saturated carbocycles. The Bertz CT molecular complexity index is 601. The number of pyridine rings is 1. The van der Waals surface area contributed by atoms with E-state index in [9.17, 15) is 4.79 Å². The van der Waals surface area contributed by atoms with Crippen molar-refractivity contribution in [2.75, 3.05) is 5.32 Å². The van der Waals surface area contributed by atoms with E-state index in [0.29, 0.717) is 11.4 Å². The van der Waals surface area contributed by atoms with Crippen LogP contribution in [0.4, 0.5) is 5.69 Å². The number of carboxylic acids is 1. The predicted octanol–water partition coefficient (Wildman–Crippen LogP) is 3.55. The van der Waals surface area contributed by atoms with Gasteiger partial charge in [0.25, 0.3) is 0 Å². The standard InChI is InChI=1S/C14H15ClN2O2/c1-9(4-7-13(18)19)17-12-6-5-11(15)10-3-2-8-16-14(10)12/h2-3,5-6,8-9,17H,4,7H2,1H3,(H,18,19). The Kier molecular flexibility index (Phi) is 4.22. The normalized spacial score (nSPS) is 12.3. The minimum absolute atomic E-state index is 0.0579. The lowest BCUT2D eigenvalue weighted by Crippen LogP contribution is -2.17. The van der Waals surface area contributed by atoms with Crippen LogP contribution in [0.3, 0.4) is 0 Å². The number of rotatable bonds is 5. The van der Waals surface area contributed by atoms with E-state index in [-0.39, 0.29) is 12.5 Å². The number of anilines is 1. The molecule has 0 bridgehead atoms. The van der Waals surface area contributed by atoms with Crippen molar-refractivity contribution in [2.24, 2.45) is 0 Å². The third kappa shape index (κ3) is 3.35. The van der Waals surface area contributed by atoms with Gasteiger partial charge in [-0.2, -0.15) is 0 Å². The summed E-state index contributed by atoms with van der Waals surface area (Å²) in [4.78, 5) is 14.9. The number of hydrogen-bond acceptors (Lipinski definition) is 3. The molecule has 0 aliphatic carbocycles. The molecule has 0 spiro atoms. The lowest BCUT2D eigenvalue weighted by Gasteiger charge is -2.16. The van der Waals surface area contributed by atoms with Gasteiger partial charge >= 0.3 is 5.97 Å². The molecule has 0 saturated heterocycles. The van der Waals surface area contributed by atoms with Crippen LogP contribution in [0.1, 0.15) is 19.8 Å². The van der Waals surface area contributed by atoms with Crippen molar-refractivity contribution in [1.82, 2.24) is 4.98 Å². The van der Waals surface area contributed by atoms with Crippen molar-refractivity contribution in [1.29, 1.82) is 0 Å². The number of aliphatic carboxylic acids is 1. The van der Waals surface area contributed by atoms with E-state index in [2.05, 4.69) is 10.3 Å². The monoisotopic (exact) mass is 278 g/mol. The van der Waals surface area contributed by atoms with Crippen molar-refractivity contribution in [3.63, 3.8) is 0 Å². The molecule has 100 valence electrons. The fourth-order valence-corrected chi connectivity index (χ4v) is 2.15. The summed E-state index contributed by atoms with van der Waals surface area (Å²) < 4.78 is 0. The van der Waals surface area contributed by atoms with E-state index in [4.69, 9.17) is 16.7 Å². The summed E-state index contributed by atoms with van der Waals surface area (Å²) in [7, 11) is 0. The van der Waals surface area contributed by atoms with Crippen LogP contribution >= 0.6 is 11.6 Å². The first kappa shape index (κ1) is 13.6. The maximum Gasteiger partial charge on any atom is 0.303 e. The van der Waals surface area contributed by atoms with E-state index in [1.807, 2.05) is 31.2 Å². The molecule has 0 aliphatic rings. The molecular formula is C14H15ClN2O2. The predicted molar refractivity (Wildman–Crippen MR) is 76.7 cm³/mol. The van der Waals surface area contributed by atoms with Gasteiger partial charge in [-0.05, 0) is 37.6 Å². The summed E-state index contributed by atoms with van der Waals surface area (Å²) in [5.41, 5.74) is 1.68. The van der Waals surface area contributed by atoms with Gasteiger partial charge in [-0.15, -0.1) is 0 Å². The quantitative estimate of drug-likeness (QED) is 0.878. The third-order valence-electron chi connectivity index (χ3n) is 2.91. The molecule has 2 aromatic rings. The highest BCUT2D eigenvalue weighted by Crippen LogP contribution is 2.28. The average molecular weight is 279 g/mol. The van der Waals surface area contributed by atoms with Gasteiger partial charge in [0, 0.05) is 24.0 Å². The van der Waals surface area contributed by atoms with Gasteiger partial charge in [0.2, 0.25) is 0 Å². The van der Waals surface area contributed by atoms with Crippen LogP contribution in [0.15, 0.2) is 30.5 Å². The number of carbonyl (C=O) groups is 1. The number of halogens is 1.